The lowest BCUT2D eigenvalue weighted by Crippen LogP contribution is -2.13. The average molecular weight is 232 g/mol. The average Bonchev–Trinajstić information content (AvgIpc) is 2.69. The SMILES string of the molecule is CC(C)CCc1nn(-c2ccccc2)c(=O)o1. The minimum absolute atomic E-state index is 0.421. The Labute approximate surface area is 99.9 Å². The fourth-order valence-electron chi connectivity index (χ4n) is 1.56. The molecule has 0 aliphatic carbocycles. The van der Waals surface area contributed by atoms with Crippen LogP contribution in [0.3, 0.4) is 0 Å². The molecule has 0 spiro atoms. The molecule has 4 heteroatoms. The zero-order chi connectivity index (χ0) is 12.3. The molecule has 1 heterocycles. The topological polar surface area (TPSA) is 48.0 Å². The van der Waals surface area contributed by atoms with Crippen LogP contribution < -0.4 is 5.76 Å². The van der Waals surface area contributed by atoms with E-state index >= 15 is 0 Å². The van der Waals surface area contributed by atoms with Crippen molar-refractivity contribution in [1.82, 2.24) is 9.78 Å². The highest BCUT2D eigenvalue weighted by molar-refractivity contribution is 5.29. The Kier molecular flexibility index (Phi) is 3.42. The van der Waals surface area contributed by atoms with Gasteiger partial charge in [0, 0.05) is 6.42 Å². The summed E-state index contributed by atoms with van der Waals surface area (Å²) in [5, 5.41) is 4.19. The number of hydrogen-bond donors (Lipinski definition) is 0. The molecule has 2 aromatic rings. The second-order valence-corrected chi connectivity index (χ2v) is 4.44. The van der Waals surface area contributed by atoms with Crippen molar-refractivity contribution in [3.8, 4) is 5.69 Å². The lowest BCUT2D eigenvalue weighted by atomic mass is 10.1. The van der Waals surface area contributed by atoms with E-state index in [9.17, 15) is 4.79 Å². The molecule has 0 bridgehead atoms. The van der Waals surface area contributed by atoms with E-state index in [1.807, 2.05) is 30.3 Å². The molecule has 0 N–H and O–H groups in total. The first kappa shape index (κ1) is 11.6. The van der Waals surface area contributed by atoms with Gasteiger partial charge in [0.2, 0.25) is 5.89 Å². The van der Waals surface area contributed by atoms with Gasteiger partial charge in [-0.1, -0.05) is 32.0 Å². The molecule has 0 saturated heterocycles. The molecule has 0 radical (unpaired) electrons. The summed E-state index contributed by atoms with van der Waals surface area (Å²) in [5.74, 6) is 0.657. The van der Waals surface area contributed by atoms with Gasteiger partial charge in [-0.05, 0) is 24.5 Å². The molecule has 0 atom stereocenters. The summed E-state index contributed by atoms with van der Waals surface area (Å²) < 4.78 is 6.42. The van der Waals surface area contributed by atoms with Crippen LogP contribution in [-0.4, -0.2) is 9.78 Å². The van der Waals surface area contributed by atoms with Gasteiger partial charge in [0.25, 0.3) is 0 Å². The molecule has 0 amide bonds. The van der Waals surface area contributed by atoms with E-state index in [0.717, 1.165) is 12.1 Å². The van der Waals surface area contributed by atoms with Crippen LogP contribution in [0.5, 0.6) is 0 Å². The van der Waals surface area contributed by atoms with Crippen LogP contribution in [0.15, 0.2) is 39.5 Å². The lowest BCUT2D eigenvalue weighted by Gasteiger charge is -1.99. The second kappa shape index (κ2) is 4.99. The van der Waals surface area contributed by atoms with Crippen molar-refractivity contribution >= 4 is 0 Å². The minimum Gasteiger partial charge on any atom is -0.392 e. The summed E-state index contributed by atoms with van der Waals surface area (Å²) in [5.41, 5.74) is 0.733. The number of aryl methyl sites for hydroxylation is 1. The van der Waals surface area contributed by atoms with Crippen molar-refractivity contribution in [1.29, 1.82) is 0 Å². The first-order valence-electron chi connectivity index (χ1n) is 5.81. The molecule has 0 fully saturated rings. The molecular formula is C13H16N2O2. The molecule has 90 valence electrons. The van der Waals surface area contributed by atoms with Crippen LogP contribution in [0.2, 0.25) is 0 Å². The smallest absolute Gasteiger partial charge is 0.392 e. The first-order valence-corrected chi connectivity index (χ1v) is 5.81. The van der Waals surface area contributed by atoms with Gasteiger partial charge in [-0.3, -0.25) is 0 Å². The Morgan fingerprint density at radius 2 is 2.00 bits per heavy atom. The van der Waals surface area contributed by atoms with E-state index in [0.29, 0.717) is 18.2 Å². The maximum absolute atomic E-state index is 11.6. The third-order valence-corrected chi connectivity index (χ3v) is 2.53. The van der Waals surface area contributed by atoms with Crippen molar-refractivity contribution in [2.75, 3.05) is 0 Å². The standard InChI is InChI=1S/C13H16N2O2/c1-10(2)8-9-12-14-15(13(16)17-12)11-6-4-3-5-7-11/h3-7,10H,8-9H2,1-2H3. The van der Waals surface area contributed by atoms with Gasteiger partial charge >= 0.3 is 5.76 Å². The fourth-order valence-corrected chi connectivity index (χ4v) is 1.56. The van der Waals surface area contributed by atoms with E-state index in [1.54, 1.807) is 0 Å². The zero-order valence-electron chi connectivity index (χ0n) is 10.1. The highest BCUT2D eigenvalue weighted by Crippen LogP contribution is 2.07. The molecular weight excluding hydrogens is 216 g/mol. The highest BCUT2D eigenvalue weighted by atomic mass is 16.4. The van der Waals surface area contributed by atoms with Crippen LogP contribution in [0.25, 0.3) is 5.69 Å². The summed E-state index contributed by atoms with van der Waals surface area (Å²) >= 11 is 0. The normalized spacial score (nSPS) is 11.0. The van der Waals surface area contributed by atoms with Gasteiger partial charge in [0.1, 0.15) is 0 Å². The Morgan fingerprint density at radius 3 is 2.65 bits per heavy atom. The maximum atomic E-state index is 11.6. The Balaban J connectivity index is 2.23. The van der Waals surface area contributed by atoms with E-state index in [-0.39, 0.29) is 0 Å². The molecule has 1 aromatic carbocycles. The summed E-state index contributed by atoms with van der Waals surface area (Å²) in [6, 6.07) is 9.29. The van der Waals surface area contributed by atoms with Gasteiger partial charge < -0.3 is 4.42 Å². The van der Waals surface area contributed by atoms with E-state index in [2.05, 4.69) is 18.9 Å². The summed E-state index contributed by atoms with van der Waals surface area (Å²) in [6.07, 6.45) is 1.67. The molecule has 17 heavy (non-hydrogen) atoms. The molecule has 0 saturated carbocycles. The van der Waals surface area contributed by atoms with Gasteiger partial charge in [-0.25, -0.2) is 4.79 Å². The molecule has 2 rings (SSSR count). The number of nitrogens with zero attached hydrogens (tertiary/aromatic N) is 2. The van der Waals surface area contributed by atoms with Gasteiger partial charge in [0.05, 0.1) is 5.69 Å². The van der Waals surface area contributed by atoms with E-state index < -0.39 is 5.76 Å². The number of hydrogen-bond acceptors (Lipinski definition) is 3. The van der Waals surface area contributed by atoms with Crippen LogP contribution >= 0.6 is 0 Å². The Hall–Kier alpha value is -1.84. The van der Waals surface area contributed by atoms with E-state index in [4.69, 9.17) is 4.42 Å². The lowest BCUT2D eigenvalue weighted by molar-refractivity contribution is 0.436. The number of benzene rings is 1. The molecule has 0 aliphatic rings. The van der Waals surface area contributed by atoms with Crippen molar-refractivity contribution in [2.45, 2.75) is 26.7 Å². The highest BCUT2D eigenvalue weighted by Gasteiger charge is 2.09. The van der Waals surface area contributed by atoms with Crippen LogP contribution in [0, 0.1) is 5.92 Å². The molecule has 0 aliphatic heterocycles. The van der Waals surface area contributed by atoms with Gasteiger partial charge in [0.15, 0.2) is 0 Å². The largest absolute Gasteiger partial charge is 0.441 e. The summed E-state index contributed by atoms with van der Waals surface area (Å²) in [4.78, 5) is 11.6. The zero-order valence-corrected chi connectivity index (χ0v) is 10.1. The van der Waals surface area contributed by atoms with Crippen LogP contribution in [-0.2, 0) is 6.42 Å². The summed E-state index contributed by atoms with van der Waals surface area (Å²) in [7, 11) is 0. The number of aromatic nitrogens is 2. The van der Waals surface area contributed by atoms with Gasteiger partial charge in [-0.15, -0.1) is 5.10 Å². The minimum atomic E-state index is -0.421. The van der Waals surface area contributed by atoms with Crippen LogP contribution in [0.1, 0.15) is 26.2 Å². The van der Waals surface area contributed by atoms with Crippen molar-refractivity contribution < 1.29 is 4.42 Å². The maximum Gasteiger partial charge on any atom is 0.441 e. The molecule has 4 nitrogen and oxygen atoms in total. The molecule has 0 unspecified atom stereocenters. The van der Waals surface area contributed by atoms with Crippen molar-refractivity contribution in [3.63, 3.8) is 0 Å². The van der Waals surface area contributed by atoms with Crippen molar-refractivity contribution in [3.05, 3.63) is 46.8 Å². The third kappa shape index (κ3) is 2.84. The van der Waals surface area contributed by atoms with Gasteiger partial charge in [-0.2, -0.15) is 4.68 Å². The third-order valence-electron chi connectivity index (χ3n) is 2.53. The van der Waals surface area contributed by atoms with Crippen molar-refractivity contribution in [2.24, 2.45) is 5.92 Å². The quantitative estimate of drug-likeness (QED) is 0.813. The fraction of sp³-hybridized carbons (Fsp3) is 0.385. The monoisotopic (exact) mass is 232 g/mol. The predicted octanol–water partition coefficient (Wildman–Crippen LogP) is 2.41. The number of para-hydroxylation sites is 1. The Morgan fingerprint density at radius 1 is 1.29 bits per heavy atom. The Bertz CT molecular complexity index is 526. The molecule has 1 aromatic heterocycles. The first-order chi connectivity index (χ1) is 8.16. The van der Waals surface area contributed by atoms with E-state index in [1.165, 1.54) is 4.68 Å². The number of rotatable bonds is 4. The van der Waals surface area contributed by atoms with Crippen LogP contribution in [0.4, 0.5) is 0 Å². The summed E-state index contributed by atoms with van der Waals surface area (Å²) in [6.45, 7) is 4.26. The predicted molar refractivity (Wildman–Crippen MR) is 65.3 cm³/mol. The second-order valence-electron chi connectivity index (χ2n) is 4.44.